The van der Waals surface area contributed by atoms with E-state index in [1.807, 2.05) is 6.92 Å². The number of nitrogens with one attached hydrogen (secondary N) is 3. The summed E-state index contributed by atoms with van der Waals surface area (Å²) in [4.78, 5) is 59.9. The molecule has 5 atom stereocenters. The molecule has 12 nitrogen and oxygen atoms in total. The highest BCUT2D eigenvalue weighted by molar-refractivity contribution is 7.80. The van der Waals surface area contributed by atoms with E-state index in [0.29, 0.717) is 25.8 Å². The number of carbonyl (C=O) groups is 5. The molecule has 0 aliphatic rings. The van der Waals surface area contributed by atoms with Crippen molar-refractivity contribution in [2.45, 2.75) is 76.5 Å². The van der Waals surface area contributed by atoms with E-state index in [1.54, 1.807) is 6.92 Å². The normalized spacial score (nSPS) is 15.4. The average Bonchev–Trinajstić information content (AvgIpc) is 2.77. The van der Waals surface area contributed by atoms with Gasteiger partial charge in [0.15, 0.2) is 0 Å². The van der Waals surface area contributed by atoms with Crippen molar-refractivity contribution < 1.29 is 34.2 Å². The van der Waals surface area contributed by atoms with Gasteiger partial charge in [-0.2, -0.15) is 12.6 Å². The Hall–Kier alpha value is -2.38. The number of unbranched alkanes of at least 4 members (excludes halogenated alkanes) is 1. The van der Waals surface area contributed by atoms with Crippen molar-refractivity contribution in [1.82, 2.24) is 16.0 Å². The van der Waals surface area contributed by atoms with E-state index in [-0.39, 0.29) is 24.5 Å². The fourth-order valence-electron chi connectivity index (χ4n) is 2.81. The second-order valence-electron chi connectivity index (χ2n) is 7.83. The van der Waals surface area contributed by atoms with Crippen molar-refractivity contribution >= 4 is 42.3 Å². The van der Waals surface area contributed by atoms with E-state index >= 15 is 0 Å². The van der Waals surface area contributed by atoms with Crippen molar-refractivity contribution in [2.75, 3.05) is 12.3 Å². The maximum absolute atomic E-state index is 12.7. The van der Waals surface area contributed by atoms with Crippen LogP contribution >= 0.6 is 12.6 Å². The Balaban J connectivity index is 5.32. The molecule has 9 N–H and O–H groups in total. The van der Waals surface area contributed by atoms with Gasteiger partial charge >= 0.3 is 11.9 Å². The number of carbonyl (C=O) groups excluding carboxylic acids is 3. The minimum atomic E-state index is -1.43. The summed E-state index contributed by atoms with van der Waals surface area (Å²) in [6.07, 6.45) is 1.10. The second kappa shape index (κ2) is 16.3. The van der Waals surface area contributed by atoms with Crippen molar-refractivity contribution in [1.29, 1.82) is 0 Å². The van der Waals surface area contributed by atoms with E-state index in [4.69, 9.17) is 16.6 Å². The van der Waals surface area contributed by atoms with Gasteiger partial charge in [0.1, 0.15) is 18.1 Å². The SMILES string of the molecule is CCC(C)C(N)C(=O)NC(CS)C(=O)NC(CCCCN)C(=O)NC(CCC(=O)O)C(=O)O. The van der Waals surface area contributed by atoms with Crippen LogP contribution in [0.25, 0.3) is 0 Å². The highest BCUT2D eigenvalue weighted by Crippen LogP contribution is 2.07. The topological polar surface area (TPSA) is 214 Å². The number of rotatable bonds is 17. The van der Waals surface area contributed by atoms with E-state index in [0.717, 1.165) is 0 Å². The quantitative estimate of drug-likeness (QED) is 0.0906. The first-order valence-corrected chi connectivity index (χ1v) is 11.5. The van der Waals surface area contributed by atoms with Crippen LogP contribution in [0.15, 0.2) is 0 Å². The molecule has 0 rings (SSSR count). The summed E-state index contributed by atoms with van der Waals surface area (Å²) in [5, 5.41) is 25.4. The molecule has 0 aromatic rings. The Labute approximate surface area is 199 Å². The molecule has 0 fully saturated rings. The van der Waals surface area contributed by atoms with Gasteiger partial charge in [-0.25, -0.2) is 4.79 Å². The molecule has 13 heteroatoms. The highest BCUT2D eigenvalue weighted by atomic mass is 32.1. The van der Waals surface area contributed by atoms with Crippen molar-refractivity contribution in [3.05, 3.63) is 0 Å². The van der Waals surface area contributed by atoms with Gasteiger partial charge in [-0.3, -0.25) is 19.2 Å². The van der Waals surface area contributed by atoms with Gasteiger partial charge in [-0.05, 0) is 38.1 Å². The fraction of sp³-hybridized carbons (Fsp3) is 0.750. The van der Waals surface area contributed by atoms with Crippen LogP contribution in [0, 0.1) is 5.92 Å². The lowest BCUT2D eigenvalue weighted by Crippen LogP contribution is -2.58. The molecule has 33 heavy (non-hydrogen) atoms. The van der Waals surface area contributed by atoms with Crippen LogP contribution in [0.2, 0.25) is 0 Å². The first-order valence-electron chi connectivity index (χ1n) is 10.9. The number of carboxylic acids is 2. The molecule has 0 heterocycles. The van der Waals surface area contributed by atoms with Gasteiger partial charge in [0.05, 0.1) is 6.04 Å². The average molecular weight is 492 g/mol. The first-order chi connectivity index (χ1) is 15.5. The number of nitrogens with two attached hydrogens (primary N) is 2. The predicted molar refractivity (Wildman–Crippen MR) is 124 cm³/mol. The molecule has 0 radical (unpaired) electrons. The van der Waals surface area contributed by atoms with Crippen LogP contribution < -0.4 is 27.4 Å². The van der Waals surface area contributed by atoms with Gasteiger partial charge in [0.25, 0.3) is 0 Å². The molecule has 5 unspecified atom stereocenters. The summed E-state index contributed by atoms with van der Waals surface area (Å²) in [5.74, 6) is -4.75. The van der Waals surface area contributed by atoms with Gasteiger partial charge in [-0.15, -0.1) is 0 Å². The Kier molecular flexibility index (Phi) is 15.1. The minimum absolute atomic E-state index is 0.0572. The molecule has 0 aliphatic heterocycles. The zero-order valence-electron chi connectivity index (χ0n) is 19.1. The van der Waals surface area contributed by atoms with Crippen molar-refractivity contribution in [2.24, 2.45) is 17.4 Å². The molecule has 0 aromatic heterocycles. The fourth-order valence-corrected chi connectivity index (χ4v) is 3.06. The van der Waals surface area contributed by atoms with Crippen LogP contribution in [0.4, 0.5) is 0 Å². The monoisotopic (exact) mass is 491 g/mol. The number of thiol groups is 1. The van der Waals surface area contributed by atoms with Crippen molar-refractivity contribution in [3.8, 4) is 0 Å². The predicted octanol–water partition coefficient (Wildman–Crippen LogP) is -1.18. The summed E-state index contributed by atoms with van der Waals surface area (Å²) in [6.45, 7) is 4.05. The van der Waals surface area contributed by atoms with E-state index in [9.17, 15) is 29.1 Å². The number of hydrogen-bond acceptors (Lipinski definition) is 8. The lowest BCUT2D eigenvalue weighted by atomic mass is 9.99. The molecule has 0 aromatic carbocycles. The molecule has 0 aliphatic carbocycles. The summed E-state index contributed by atoms with van der Waals surface area (Å²) in [7, 11) is 0. The lowest BCUT2D eigenvalue weighted by Gasteiger charge is -2.25. The number of hydrogen-bond donors (Lipinski definition) is 8. The summed E-state index contributed by atoms with van der Waals surface area (Å²) in [6, 6.07) is -4.43. The van der Waals surface area contributed by atoms with Gasteiger partial charge in [0, 0.05) is 12.2 Å². The first kappa shape index (κ1) is 30.6. The lowest BCUT2D eigenvalue weighted by molar-refractivity contribution is -0.143. The highest BCUT2D eigenvalue weighted by Gasteiger charge is 2.30. The molecule has 0 saturated carbocycles. The number of carboxylic acid groups (broad SMARTS) is 2. The summed E-state index contributed by atoms with van der Waals surface area (Å²) >= 11 is 4.10. The molecule has 0 bridgehead atoms. The minimum Gasteiger partial charge on any atom is -0.481 e. The number of amides is 3. The third kappa shape index (κ3) is 11.9. The maximum Gasteiger partial charge on any atom is 0.326 e. The van der Waals surface area contributed by atoms with E-state index in [1.165, 1.54) is 0 Å². The summed E-state index contributed by atoms with van der Waals surface area (Å²) < 4.78 is 0. The molecular weight excluding hydrogens is 454 g/mol. The molecule has 190 valence electrons. The molecule has 0 saturated heterocycles. The van der Waals surface area contributed by atoms with Crippen LogP contribution in [0.3, 0.4) is 0 Å². The Bertz CT molecular complexity index is 679. The smallest absolute Gasteiger partial charge is 0.326 e. The third-order valence-corrected chi connectivity index (χ3v) is 5.58. The van der Waals surface area contributed by atoms with Gasteiger partial charge in [0.2, 0.25) is 17.7 Å². The van der Waals surface area contributed by atoms with Gasteiger partial charge < -0.3 is 37.6 Å². The zero-order chi connectivity index (χ0) is 25.6. The van der Waals surface area contributed by atoms with Crippen LogP contribution in [-0.2, 0) is 24.0 Å². The largest absolute Gasteiger partial charge is 0.481 e. The Morgan fingerprint density at radius 3 is 1.91 bits per heavy atom. The van der Waals surface area contributed by atoms with Crippen LogP contribution in [0.5, 0.6) is 0 Å². The second-order valence-corrected chi connectivity index (χ2v) is 8.20. The van der Waals surface area contributed by atoms with E-state index in [2.05, 4.69) is 28.6 Å². The van der Waals surface area contributed by atoms with Crippen LogP contribution in [0.1, 0.15) is 52.4 Å². The Morgan fingerprint density at radius 2 is 1.42 bits per heavy atom. The molecule has 0 spiro atoms. The maximum atomic E-state index is 12.7. The van der Waals surface area contributed by atoms with Gasteiger partial charge in [-0.1, -0.05) is 20.3 Å². The van der Waals surface area contributed by atoms with Crippen molar-refractivity contribution in [3.63, 3.8) is 0 Å². The molecule has 3 amide bonds. The Morgan fingerprint density at radius 1 is 0.879 bits per heavy atom. The standard InChI is InChI=1S/C20H37N5O7S/c1-3-11(2)16(22)19(30)25-14(10-33)18(29)23-12(6-4-5-9-21)17(28)24-13(20(31)32)7-8-15(26)27/h11-14,16,33H,3-10,21-22H2,1-2H3,(H,23,29)(H,24,28)(H,25,30)(H,26,27)(H,31,32). The molecular formula is C20H37N5O7S. The third-order valence-electron chi connectivity index (χ3n) is 5.22. The van der Waals surface area contributed by atoms with E-state index < -0.39 is 60.2 Å². The zero-order valence-corrected chi connectivity index (χ0v) is 20.0. The van der Waals surface area contributed by atoms with Crippen LogP contribution in [-0.4, -0.2) is 76.3 Å². The number of aliphatic carboxylic acids is 2. The summed E-state index contributed by atoms with van der Waals surface area (Å²) in [5.41, 5.74) is 11.4.